The third kappa shape index (κ3) is 10.6. The lowest BCUT2D eigenvalue weighted by molar-refractivity contribution is -0.356. The topological polar surface area (TPSA) is 269 Å². The van der Waals surface area contributed by atoms with Gasteiger partial charge < -0.3 is 92.6 Å². The van der Waals surface area contributed by atoms with E-state index in [1.54, 1.807) is 34.1 Å². The molecule has 0 spiro atoms. The molecule has 0 bridgehead atoms. The second-order valence-electron chi connectivity index (χ2n) is 24.1. The van der Waals surface area contributed by atoms with Crippen LogP contribution in [-0.4, -0.2) is 203 Å². The highest BCUT2D eigenvalue weighted by Crippen LogP contribution is 2.72. The molecule has 0 aromatic heterocycles. The van der Waals surface area contributed by atoms with Gasteiger partial charge in [0.15, 0.2) is 25.2 Å². The minimum absolute atomic E-state index is 0.0187. The first-order chi connectivity index (χ1) is 36.4. The molecule has 77 heavy (non-hydrogen) atoms. The Bertz CT molecular complexity index is 2160. The fraction of sp³-hybridized carbons (Fsp3) is 0.842. The van der Waals surface area contributed by atoms with E-state index in [1.165, 1.54) is 20.1 Å². The number of ether oxygens (including phenoxy) is 12. The standard InChI is InChI=1S/C57H88O20/c1-29-46(61)51(68-10)47(62)52(72-29)77-50-32(4)71-45(27-39(50)67-9)76-49-31(3)70-44(26-38(49)66-8)75-48-30(2)69-43(25-37(48)59)73-36-19-20-53(6)35(24-36)18-21-56(64)40(53)28-41(74-42(60)17-16-34-14-12-11-13-15-34)54(7)55(63,33(5)58)22-23-57(54,56)65/h11-17,29-33,35-41,43-52,58-59,61-65H,18-28H2,1-10H3/t29-,30-,31-,32-,33+,35+,36+,37+,38+,39-,40-,41-,43+,44+,45+,46-,47-,48-,49-,50-,51+,52+,53+,54-,55-,56+,57-/m1/s1. The third-order valence-electron chi connectivity index (χ3n) is 20.1. The van der Waals surface area contributed by atoms with Gasteiger partial charge in [0.2, 0.25) is 0 Å². The van der Waals surface area contributed by atoms with Crippen molar-refractivity contribution in [3.63, 3.8) is 0 Å². The second-order valence-corrected chi connectivity index (χ2v) is 24.1. The molecule has 4 saturated carbocycles. The van der Waals surface area contributed by atoms with Gasteiger partial charge in [-0.25, -0.2) is 4.79 Å². The fourth-order valence-corrected chi connectivity index (χ4v) is 15.6. The van der Waals surface area contributed by atoms with Crippen molar-refractivity contribution >= 4 is 12.0 Å². The minimum atomic E-state index is -1.88. The van der Waals surface area contributed by atoms with Crippen LogP contribution in [0.2, 0.25) is 0 Å². The van der Waals surface area contributed by atoms with Crippen LogP contribution in [0.15, 0.2) is 36.4 Å². The van der Waals surface area contributed by atoms with Gasteiger partial charge in [0.25, 0.3) is 0 Å². The number of benzene rings is 1. The molecule has 27 atom stereocenters. The van der Waals surface area contributed by atoms with Crippen LogP contribution in [-0.2, 0) is 61.6 Å². The summed E-state index contributed by atoms with van der Waals surface area (Å²) in [5.41, 5.74) is -6.68. The SMILES string of the molecule is CO[C@@H]1[C@@H](O)[C@H](O[C@@H]2[C@@H](C)O[C@@H](O[C@H]3[C@@H](OC)C[C@H](O[C@H]4[C@@H](O)C[C@H](O[C@H]5CC[C@@]6(C)[C@@H](CC[C@]7(O)[C@@H]6C[C@@H](OC(=O)C=Cc6ccccc6)[C@@]6(C)[C@]7(O)CC[C@@]6(O)[C@H](C)O)C5)O[C@@H]4C)O[C@@H]3C)C[C@H]2OC)O[C@H](C)[C@H]1O. The largest absolute Gasteiger partial charge is 0.458 e. The lowest BCUT2D eigenvalue weighted by Crippen LogP contribution is -2.79. The average molecular weight is 1090 g/mol. The lowest BCUT2D eigenvalue weighted by atomic mass is 9.40. The van der Waals surface area contributed by atoms with Gasteiger partial charge in [0.1, 0.15) is 53.9 Å². The molecule has 4 aliphatic carbocycles. The first kappa shape index (κ1) is 59.3. The predicted octanol–water partition coefficient (Wildman–Crippen LogP) is 3.42. The summed E-state index contributed by atoms with van der Waals surface area (Å²) in [7, 11) is 4.57. The number of aliphatic hydroxyl groups excluding tert-OH is 4. The van der Waals surface area contributed by atoms with Gasteiger partial charge in [-0.15, -0.1) is 0 Å². The Morgan fingerprint density at radius 1 is 0.662 bits per heavy atom. The van der Waals surface area contributed by atoms with E-state index in [4.69, 9.17) is 56.8 Å². The molecule has 1 aromatic carbocycles. The Morgan fingerprint density at radius 3 is 1.86 bits per heavy atom. The van der Waals surface area contributed by atoms with Crippen molar-refractivity contribution in [2.24, 2.45) is 22.7 Å². The van der Waals surface area contributed by atoms with Crippen LogP contribution in [0.1, 0.15) is 125 Å². The smallest absolute Gasteiger partial charge is 0.331 e. The summed E-state index contributed by atoms with van der Waals surface area (Å²) >= 11 is 0. The van der Waals surface area contributed by atoms with E-state index in [2.05, 4.69) is 6.92 Å². The minimum Gasteiger partial charge on any atom is -0.458 e. The quantitative estimate of drug-likeness (QED) is 0.0753. The number of methoxy groups -OCH3 is 3. The van der Waals surface area contributed by atoms with Gasteiger partial charge in [-0.05, 0) is 115 Å². The predicted molar refractivity (Wildman–Crippen MR) is 273 cm³/mol. The zero-order valence-electron chi connectivity index (χ0n) is 46.5. The van der Waals surface area contributed by atoms with Crippen molar-refractivity contribution in [3.8, 4) is 0 Å². The summed E-state index contributed by atoms with van der Waals surface area (Å²) in [5.74, 6) is -1.10. The molecule has 4 aliphatic heterocycles. The van der Waals surface area contributed by atoms with Crippen LogP contribution < -0.4 is 0 Å². The summed E-state index contributed by atoms with van der Waals surface area (Å²) in [6.45, 7) is 12.5. The molecule has 4 saturated heterocycles. The summed E-state index contributed by atoms with van der Waals surface area (Å²) < 4.78 is 74.3. The van der Waals surface area contributed by atoms with Crippen molar-refractivity contribution in [1.82, 2.24) is 0 Å². The summed E-state index contributed by atoms with van der Waals surface area (Å²) in [4.78, 5) is 13.6. The van der Waals surface area contributed by atoms with Crippen LogP contribution >= 0.6 is 0 Å². The van der Waals surface area contributed by atoms with Crippen LogP contribution in [0, 0.1) is 22.7 Å². The number of hydrogen-bond donors (Lipinski definition) is 7. The highest BCUT2D eigenvalue weighted by molar-refractivity contribution is 5.87. The molecule has 8 fully saturated rings. The van der Waals surface area contributed by atoms with Crippen molar-refractivity contribution in [2.45, 2.75) is 259 Å². The van der Waals surface area contributed by atoms with Crippen molar-refractivity contribution < 1.29 is 97.4 Å². The van der Waals surface area contributed by atoms with E-state index >= 15 is 0 Å². The van der Waals surface area contributed by atoms with Gasteiger partial charge in [-0.1, -0.05) is 44.2 Å². The van der Waals surface area contributed by atoms with E-state index in [0.29, 0.717) is 25.7 Å². The van der Waals surface area contributed by atoms with E-state index in [9.17, 15) is 40.5 Å². The van der Waals surface area contributed by atoms with Crippen molar-refractivity contribution in [2.75, 3.05) is 21.3 Å². The molecule has 0 unspecified atom stereocenters. The maximum absolute atomic E-state index is 13.6. The molecule has 0 radical (unpaired) electrons. The monoisotopic (exact) mass is 1090 g/mol. The highest BCUT2D eigenvalue weighted by Gasteiger charge is 2.81. The van der Waals surface area contributed by atoms with Gasteiger partial charge >= 0.3 is 5.97 Å². The molecular formula is C57H88O20. The Balaban J connectivity index is 0.790. The normalized spacial score (nSPS) is 50.6. The van der Waals surface area contributed by atoms with Crippen molar-refractivity contribution in [1.29, 1.82) is 0 Å². The van der Waals surface area contributed by atoms with Crippen molar-refractivity contribution in [3.05, 3.63) is 42.0 Å². The Hall–Kier alpha value is -2.29. The molecule has 1 aromatic rings. The highest BCUT2D eigenvalue weighted by atomic mass is 16.8. The first-order valence-corrected chi connectivity index (χ1v) is 28.1. The van der Waals surface area contributed by atoms with E-state index in [-0.39, 0.29) is 57.0 Å². The van der Waals surface area contributed by atoms with Gasteiger partial charge in [0.05, 0.1) is 66.0 Å². The lowest BCUT2D eigenvalue weighted by Gasteiger charge is -2.69. The molecule has 7 N–H and O–H groups in total. The Labute approximate surface area is 452 Å². The van der Waals surface area contributed by atoms with Gasteiger partial charge in [-0.3, -0.25) is 0 Å². The zero-order valence-corrected chi connectivity index (χ0v) is 46.5. The van der Waals surface area contributed by atoms with E-state index in [0.717, 1.165) is 5.56 Å². The summed E-state index contributed by atoms with van der Waals surface area (Å²) in [6.07, 6.45) is -8.55. The van der Waals surface area contributed by atoms with E-state index < -0.39 is 156 Å². The second kappa shape index (κ2) is 23.2. The molecule has 0 amide bonds. The maximum Gasteiger partial charge on any atom is 0.331 e. The number of carbonyl (C=O) groups is 1. The maximum atomic E-state index is 13.6. The number of fused-ring (bicyclic) bond motifs is 5. The zero-order chi connectivity index (χ0) is 55.6. The van der Waals surface area contributed by atoms with Crippen LogP contribution in [0.3, 0.4) is 0 Å². The van der Waals surface area contributed by atoms with Crippen LogP contribution in [0.4, 0.5) is 0 Å². The van der Waals surface area contributed by atoms with Gasteiger partial charge in [0, 0.05) is 46.7 Å². The molecule has 8 aliphatic rings. The number of hydrogen-bond acceptors (Lipinski definition) is 20. The molecule has 20 nitrogen and oxygen atoms in total. The first-order valence-electron chi connectivity index (χ1n) is 28.1. The average Bonchev–Trinajstić information content (AvgIpc) is 3.95. The van der Waals surface area contributed by atoms with Gasteiger partial charge in [-0.2, -0.15) is 0 Å². The Kier molecular flexibility index (Phi) is 17.8. The fourth-order valence-electron chi connectivity index (χ4n) is 15.6. The summed E-state index contributed by atoms with van der Waals surface area (Å²) in [6, 6.07) is 9.33. The van der Waals surface area contributed by atoms with Crippen LogP contribution in [0.5, 0.6) is 0 Å². The Morgan fingerprint density at radius 2 is 1.26 bits per heavy atom. The molecule has 9 rings (SSSR count). The molecule has 4 heterocycles. The molecule has 20 heteroatoms. The number of rotatable bonds is 15. The third-order valence-corrected chi connectivity index (χ3v) is 20.1. The molecule has 436 valence electrons. The van der Waals surface area contributed by atoms with Crippen LogP contribution in [0.25, 0.3) is 6.08 Å². The number of aliphatic hydroxyl groups is 7. The number of carbonyl (C=O) groups excluding carboxylic acids is 1. The summed E-state index contributed by atoms with van der Waals surface area (Å²) in [5, 5.41) is 82.4. The molecular weight excluding hydrogens is 1000 g/mol. The van der Waals surface area contributed by atoms with E-state index in [1.807, 2.05) is 51.1 Å². The number of esters is 1.